The minimum absolute atomic E-state index is 0.00548. The highest BCUT2D eigenvalue weighted by atomic mass is 16.5. The van der Waals surface area contributed by atoms with Crippen molar-refractivity contribution in [3.8, 4) is 11.5 Å². The van der Waals surface area contributed by atoms with E-state index in [9.17, 15) is 9.59 Å². The van der Waals surface area contributed by atoms with Crippen LogP contribution in [-0.2, 0) is 16.0 Å². The summed E-state index contributed by atoms with van der Waals surface area (Å²) in [5.41, 5.74) is 0.639. The first-order valence-electron chi connectivity index (χ1n) is 8.40. The quantitative estimate of drug-likeness (QED) is 0.871. The second-order valence-electron chi connectivity index (χ2n) is 6.00. The Morgan fingerprint density at radius 3 is 2.80 bits per heavy atom. The van der Waals surface area contributed by atoms with Gasteiger partial charge in [-0.25, -0.2) is 0 Å². The Labute approximate surface area is 145 Å². The van der Waals surface area contributed by atoms with Crippen molar-refractivity contribution in [2.24, 2.45) is 5.92 Å². The number of carbonyl (C=O) groups excluding carboxylic acids is 2. The lowest BCUT2D eigenvalue weighted by Gasteiger charge is -2.31. The maximum Gasteiger partial charge on any atom is 0.227 e. The molecule has 132 valence electrons. The molecule has 2 amide bonds. The molecule has 3 heterocycles. The van der Waals surface area contributed by atoms with E-state index in [0.717, 1.165) is 0 Å². The van der Waals surface area contributed by atoms with Gasteiger partial charge in [0.05, 0.1) is 0 Å². The van der Waals surface area contributed by atoms with Crippen LogP contribution >= 0.6 is 0 Å². The molecule has 0 bridgehead atoms. The molecule has 1 N–H and O–H groups in total. The van der Waals surface area contributed by atoms with Crippen LogP contribution in [0.3, 0.4) is 0 Å². The molecule has 1 fully saturated rings. The normalized spacial score (nSPS) is 15.2. The summed E-state index contributed by atoms with van der Waals surface area (Å²) in [6, 6.07) is 5.47. The highest BCUT2D eigenvalue weighted by molar-refractivity contribution is 5.79. The van der Waals surface area contributed by atoms with Crippen molar-refractivity contribution in [3.63, 3.8) is 0 Å². The molecule has 0 saturated carbocycles. The van der Waals surface area contributed by atoms with Crippen molar-refractivity contribution >= 4 is 11.8 Å². The Kier molecular flexibility index (Phi) is 5.37. The lowest BCUT2D eigenvalue weighted by Crippen LogP contribution is -2.42. The van der Waals surface area contributed by atoms with Crippen LogP contribution in [0.15, 0.2) is 28.9 Å². The first-order valence-corrected chi connectivity index (χ1v) is 8.40. The smallest absolute Gasteiger partial charge is 0.227 e. The molecule has 1 saturated heterocycles. The maximum atomic E-state index is 12.3. The van der Waals surface area contributed by atoms with Crippen molar-refractivity contribution in [3.05, 3.63) is 30.3 Å². The molecule has 0 unspecified atom stereocenters. The molecule has 2 aromatic heterocycles. The largest absolute Gasteiger partial charge is 0.359 e. The number of hydrogen-bond acceptors (Lipinski definition) is 6. The van der Waals surface area contributed by atoms with Gasteiger partial charge in [0.15, 0.2) is 0 Å². The Morgan fingerprint density at radius 2 is 2.12 bits per heavy atom. The van der Waals surface area contributed by atoms with Crippen molar-refractivity contribution in [1.82, 2.24) is 25.3 Å². The first-order chi connectivity index (χ1) is 12.2. The molecule has 1 aliphatic rings. The minimum atomic E-state index is 0.00548. The van der Waals surface area contributed by atoms with E-state index in [1.165, 1.54) is 0 Å². The van der Waals surface area contributed by atoms with Crippen molar-refractivity contribution in [1.29, 1.82) is 0 Å². The Hall–Kier alpha value is -2.77. The number of hydrogen-bond donors (Lipinski definition) is 1. The maximum absolute atomic E-state index is 12.3. The third kappa shape index (κ3) is 4.20. The molecule has 25 heavy (non-hydrogen) atoms. The van der Waals surface area contributed by atoms with E-state index in [-0.39, 0.29) is 17.7 Å². The zero-order valence-electron chi connectivity index (χ0n) is 14.1. The van der Waals surface area contributed by atoms with Gasteiger partial charge in [0.1, 0.15) is 5.69 Å². The van der Waals surface area contributed by atoms with E-state index in [0.29, 0.717) is 56.2 Å². The number of likely N-dealkylation sites (tertiary alicyclic amines) is 1. The van der Waals surface area contributed by atoms with E-state index in [4.69, 9.17) is 4.52 Å². The number of piperidine rings is 1. The number of nitrogens with one attached hydrogen (secondary N) is 1. The summed E-state index contributed by atoms with van der Waals surface area (Å²) in [4.78, 5) is 34.2. The van der Waals surface area contributed by atoms with Gasteiger partial charge in [-0.05, 0) is 25.0 Å². The molecule has 0 spiro atoms. The number of aryl methyl sites for hydroxylation is 1. The van der Waals surface area contributed by atoms with Crippen molar-refractivity contribution in [2.45, 2.75) is 25.7 Å². The number of rotatable bonds is 5. The third-order valence-electron chi connectivity index (χ3n) is 4.38. The fourth-order valence-electron chi connectivity index (χ4n) is 2.92. The SMILES string of the molecule is CNC(=O)C1CCN(C(=O)CCc2nc(-c3ccccn3)no2)CC1. The van der Waals surface area contributed by atoms with Gasteiger partial charge >= 0.3 is 0 Å². The highest BCUT2D eigenvalue weighted by Crippen LogP contribution is 2.18. The van der Waals surface area contributed by atoms with Gasteiger partial charge in [0, 0.05) is 45.1 Å². The molecule has 0 atom stereocenters. The number of nitrogens with zero attached hydrogens (tertiary/aromatic N) is 4. The van der Waals surface area contributed by atoms with Gasteiger partial charge in [0.25, 0.3) is 0 Å². The second kappa shape index (κ2) is 7.87. The van der Waals surface area contributed by atoms with E-state index >= 15 is 0 Å². The zero-order chi connectivity index (χ0) is 17.6. The van der Waals surface area contributed by atoms with E-state index in [2.05, 4.69) is 20.4 Å². The first kappa shape index (κ1) is 17.1. The Bertz CT molecular complexity index is 723. The fraction of sp³-hybridized carbons (Fsp3) is 0.471. The summed E-state index contributed by atoms with van der Waals surface area (Å²) in [5, 5.41) is 6.56. The Balaban J connectivity index is 1.49. The lowest BCUT2D eigenvalue weighted by atomic mass is 9.96. The summed E-state index contributed by atoms with van der Waals surface area (Å²) in [6.07, 6.45) is 3.78. The third-order valence-corrected chi connectivity index (χ3v) is 4.38. The van der Waals surface area contributed by atoms with Crippen molar-refractivity contribution in [2.75, 3.05) is 20.1 Å². The minimum Gasteiger partial charge on any atom is -0.359 e. The lowest BCUT2D eigenvalue weighted by molar-refractivity contribution is -0.135. The van der Waals surface area contributed by atoms with E-state index in [1.807, 2.05) is 12.1 Å². The van der Waals surface area contributed by atoms with Crippen LogP contribution in [-0.4, -0.2) is 52.0 Å². The van der Waals surface area contributed by atoms with Gasteiger partial charge in [-0.1, -0.05) is 11.2 Å². The predicted molar refractivity (Wildman–Crippen MR) is 89.2 cm³/mol. The summed E-state index contributed by atoms with van der Waals surface area (Å²) >= 11 is 0. The molecular weight excluding hydrogens is 322 g/mol. The second-order valence-corrected chi connectivity index (χ2v) is 6.00. The summed E-state index contributed by atoms with van der Waals surface area (Å²) in [7, 11) is 1.64. The molecule has 8 heteroatoms. The number of carbonyl (C=O) groups is 2. The number of aromatic nitrogens is 3. The average Bonchev–Trinajstić information content (AvgIpc) is 3.15. The molecule has 0 aliphatic carbocycles. The standard InChI is InChI=1S/C17H21N5O3/c1-18-17(24)12-7-10-22(11-8-12)15(23)6-5-14-20-16(21-25-14)13-4-2-3-9-19-13/h2-4,9,12H,5-8,10-11H2,1H3,(H,18,24). The molecule has 2 aromatic rings. The topological polar surface area (TPSA) is 101 Å². The summed E-state index contributed by atoms with van der Waals surface area (Å²) < 4.78 is 5.20. The van der Waals surface area contributed by atoms with Crippen LogP contribution < -0.4 is 5.32 Å². The number of pyridine rings is 1. The van der Waals surface area contributed by atoms with Crippen LogP contribution in [0, 0.1) is 5.92 Å². The van der Waals surface area contributed by atoms with Crippen molar-refractivity contribution < 1.29 is 14.1 Å². The summed E-state index contributed by atoms with van der Waals surface area (Å²) in [5.74, 6) is 0.961. The van der Waals surface area contributed by atoms with Gasteiger partial charge in [0.2, 0.25) is 23.5 Å². The van der Waals surface area contributed by atoms with E-state index in [1.54, 1.807) is 24.2 Å². The van der Waals surface area contributed by atoms with Crippen LogP contribution in [0.2, 0.25) is 0 Å². The van der Waals surface area contributed by atoms with Gasteiger partial charge in [-0.2, -0.15) is 4.98 Å². The summed E-state index contributed by atoms with van der Waals surface area (Å²) in [6.45, 7) is 1.22. The fourth-order valence-corrected chi connectivity index (χ4v) is 2.92. The highest BCUT2D eigenvalue weighted by Gasteiger charge is 2.26. The zero-order valence-corrected chi connectivity index (χ0v) is 14.1. The van der Waals surface area contributed by atoms with Crippen LogP contribution in [0.5, 0.6) is 0 Å². The number of amides is 2. The van der Waals surface area contributed by atoms with Crippen LogP contribution in [0.4, 0.5) is 0 Å². The predicted octanol–water partition coefficient (Wildman–Crippen LogP) is 1.05. The van der Waals surface area contributed by atoms with Gasteiger partial charge in [-0.15, -0.1) is 0 Å². The average molecular weight is 343 g/mol. The molecule has 3 rings (SSSR count). The monoisotopic (exact) mass is 343 g/mol. The molecule has 1 aliphatic heterocycles. The van der Waals surface area contributed by atoms with E-state index < -0.39 is 0 Å². The van der Waals surface area contributed by atoms with Crippen LogP contribution in [0.1, 0.15) is 25.2 Å². The molecule has 0 radical (unpaired) electrons. The Morgan fingerprint density at radius 1 is 1.32 bits per heavy atom. The molecule has 8 nitrogen and oxygen atoms in total. The van der Waals surface area contributed by atoms with Gasteiger partial charge < -0.3 is 14.7 Å². The van der Waals surface area contributed by atoms with Gasteiger partial charge in [-0.3, -0.25) is 14.6 Å². The van der Waals surface area contributed by atoms with Crippen LogP contribution in [0.25, 0.3) is 11.5 Å². The molecular formula is C17H21N5O3. The molecule has 0 aromatic carbocycles.